The third kappa shape index (κ3) is 4.37. The summed E-state index contributed by atoms with van der Waals surface area (Å²) in [6, 6.07) is 13.7. The predicted octanol–water partition coefficient (Wildman–Crippen LogP) is 3.92. The Hall–Kier alpha value is -1.41. The molecule has 8 heteroatoms. The van der Waals surface area contributed by atoms with Gasteiger partial charge in [-0.05, 0) is 61.2 Å². The van der Waals surface area contributed by atoms with Crippen LogP contribution in [0.25, 0.3) is 0 Å². The summed E-state index contributed by atoms with van der Waals surface area (Å²) in [4.78, 5) is 12.7. The smallest absolute Gasteiger partial charge is 0.243 e. The van der Waals surface area contributed by atoms with Crippen molar-refractivity contribution in [2.45, 2.75) is 29.7 Å². The van der Waals surface area contributed by atoms with Crippen LogP contribution in [0.2, 0.25) is 5.02 Å². The topological polar surface area (TPSA) is 66.5 Å². The van der Waals surface area contributed by atoms with Gasteiger partial charge >= 0.3 is 0 Å². The van der Waals surface area contributed by atoms with Crippen molar-refractivity contribution in [1.82, 2.24) is 9.62 Å². The Bertz CT molecular complexity index is 944. The van der Waals surface area contributed by atoms with Gasteiger partial charge in [-0.2, -0.15) is 4.31 Å². The van der Waals surface area contributed by atoms with E-state index in [0.717, 1.165) is 33.6 Å². The Morgan fingerprint density at radius 3 is 2.44 bits per heavy atom. The van der Waals surface area contributed by atoms with Crippen LogP contribution in [0.3, 0.4) is 0 Å². The zero-order chi connectivity index (χ0) is 19.7. The molecule has 1 aliphatic carbocycles. The third-order valence-corrected chi connectivity index (χ3v) is 7.41. The van der Waals surface area contributed by atoms with Gasteiger partial charge in [0.15, 0.2) is 0 Å². The second-order valence-corrected chi connectivity index (χ2v) is 10.1. The molecule has 1 N–H and O–H groups in total. The summed E-state index contributed by atoms with van der Waals surface area (Å²) in [5.41, 5.74) is 0.603. The number of carbonyl (C=O) groups is 1. The second kappa shape index (κ2) is 7.91. The van der Waals surface area contributed by atoms with Crippen LogP contribution in [-0.4, -0.2) is 32.2 Å². The number of halogens is 2. The van der Waals surface area contributed by atoms with Crippen molar-refractivity contribution in [1.29, 1.82) is 0 Å². The molecule has 2 aromatic rings. The van der Waals surface area contributed by atoms with Crippen LogP contribution in [0.5, 0.6) is 0 Å². The third-order valence-electron chi connectivity index (χ3n) is 4.85. The minimum Gasteiger partial charge on any atom is -0.345 e. The SMILES string of the molecule is CN(CC(=O)NC1(c2cccc(Br)c2)CCC1)S(=O)(=O)c1ccc(Cl)cc1. The molecule has 0 heterocycles. The van der Waals surface area contributed by atoms with Crippen LogP contribution >= 0.6 is 27.5 Å². The monoisotopic (exact) mass is 470 g/mol. The number of sulfonamides is 1. The maximum Gasteiger partial charge on any atom is 0.243 e. The highest BCUT2D eigenvalue weighted by atomic mass is 79.9. The van der Waals surface area contributed by atoms with Gasteiger partial charge in [0.05, 0.1) is 17.0 Å². The molecule has 0 unspecified atom stereocenters. The molecule has 1 amide bonds. The lowest BCUT2D eigenvalue weighted by atomic mass is 9.72. The van der Waals surface area contributed by atoms with Crippen molar-refractivity contribution < 1.29 is 13.2 Å². The highest BCUT2D eigenvalue weighted by Gasteiger charge is 2.40. The Labute approximate surface area is 172 Å². The van der Waals surface area contributed by atoms with Gasteiger partial charge < -0.3 is 5.32 Å². The number of rotatable bonds is 6. The van der Waals surface area contributed by atoms with E-state index < -0.39 is 15.6 Å². The fraction of sp³-hybridized carbons (Fsp3) is 0.316. The fourth-order valence-corrected chi connectivity index (χ4v) is 4.83. The molecular weight excluding hydrogens is 452 g/mol. The van der Waals surface area contributed by atoms with E-state index in [-0.39, 0.29) is 17.3 Å². The molecule has 0 aromatic heterocycles. The van der Waals surface area contributed by atoms with Crippen LogP contribution in [0.1, 0.15) is 24.8 Å². The first-order valence-corrected chi connectivity index (χ1v) is 11.1. The van der Waals surface area contributed by atoms with Crippen LogP contribution in [0.4, 0.5) is 0 Å². The molecule has 0 spiro atoms. The van der Waals surface area contributed by atoms with Crippen molar-refractivity contribution in [3.05, 3.63) is 63.6 Å². The summed E-state index contributed by atoms with van der Waals surface area (Å²) < 4.78 is 27.3. The first kappa shape index (κ1) is 20.3. The summed E-state index contributed by atoms with van der Waals surface area (Å²) in [5, 5.41) is 3.50. The van der Waals surface area contributed by atoms with Gasteiger partial charge in [-0.1, -0.05) is 39.7 Å². The van der Waals surface area contributed by atoms with E-state index in [4.69, 9.17) is 11.6 Å². The molecule has 5 nitrogen and oxygen atoms in total. The van der Waals surface area contributed by atoms with Crippen molar-refractivity contribution in [3.63, 3.8) is 0 Å². The van der Waals surface area contributed by atoms with E-state index in [2.05, 4.69) is 21.2 Å². The number of nitrogens with zero attached hydrogens (tertiary/aromatic N) is 1. The Balaban J connectivity index is 1.72. The number of amides is 1. The predicted molar refractivity (Wildman–Crippen MR) is 109 cm³/mol. The van der Waals surface area contributed by atoms with Gasteiger partial charge in [0.1, 0.15) is 0 Å². The molecule has 0 bridgehead atoms. The number of hydrogen-bond donors (Lipinski definition) is 1. The van der Waals surface area contributed by atoms with E-state index in [9.17, 15) is 13.2 Å². The molecule has 2 aromatic carbocycles. The second-order valence-electron chi connectivity index (χ2n) is 6.71. The first-order valence-electron chi connectivity index (χ1n) is 8.52. The summed E-state index contributed by atoms with van der Waals surface area (Å²) in [7, 11) is -2.36. The zero-order valence-corrected chi connectivity index (χ0v) is 17.9. The van der Waals surface area contributed by atoms with E-state index in [0.29, 0.717) is 5.02 Å². The molecule has 0 atom stereocenters. The molecule has 0 radical (unpaired) electrons. The van der Waals surface area contributed by atoms with Crippen LogP contribution in [0, 0.1) is 0 Å². The highest BCUT2D eigenvalue weighted by molar-refractivity contribution is 9.10. The van der Waals surface area contributed by atoms with Gasteiger partial charge in [-0.3, -0.25) is 4.79 Å². The molecule has 1 aliphatic rings. The normalized spacial score (nSPS) is 16.0. The van der Waals surface area contributed by atoms with Crippen molar-refractivity contribution in [2.24, 2.45) is 0 Å². The Morgan fingerprint density at radius 2 is 1.89 bits per heavy atom. The molecule has 0 aliphatic heterocycles. The van der Waals surface area contributed by atoms with Crippen molar-refractivity contribution >= 4 is 43.5 Å². The minimum atomic E-state index is -3.76. The molecule has 0 saturated heterocycles. The van der Waals surface area contributed by atoms with Gasteiger partial charge in [0.2, 0.25) is 15.9 Å². The lowest BCUT2D eigenvalue weighted by Crippen LogP contribution is -2.53. The van der Waals surface area contributed by atoms with Gasteiger partial charge in [0, 0.05) is 16.5 Å². The van der Waals surface area contributed by atoms with Gasteiger partial charge in [-0.25, -0.2) is 8.42 Å². The average molecular weight is 472 g/mol. The van der Waals surface area contributed by atoms with Crippen LogP contribution in [0.15, 0.2) is 57.9 Å². The number of nitrogens with one attached hydrogen (secondary N) is 1. The summed E-state index contributed by atoms with van der Waals surface area (Å²) in [6.45, 7) is -0.249. The van der Waals surface area contributed by atoms with Gasteiger partial charge in [-0.15, -0.1) is 0 Å². The number of carbonyl (C=O) groups excluding carboxylic acids is 1. The van der Waals surface area contributed by atoms with Gasteiger partial charge in [0.25, 0.3) is 0 Å². The van der Waals surface area contributed by atoms with E-state index in [1.165, 1.54) is 31.3 Å². The van der Waals surface area contributed by atoms with Crippen LogP contribution in [-0.2, 0) is 20.4 Å². The standard InChI is InChI=1S/C19H20BrClN2O3S/c1-23(27(25,26)17-8-6-16(21)7-9-17)13-18(24)22-19(10-3-11-19)14-4-2-5-15(20)12-14/h2,4-9,12H,3,10-11,13H2,1H3,(H,22,24). The lowest BCUT2D eigenvalue weighted by molar-refractivity contribution is -0.124. The van der Waals surface area contributed by atoms with E-state index >= 15 is 0 Å². The molecule has 1 saturated carbocycles. The average Bonchev–Trinajstić information content (AvgIpc) is 2.58. The molecule has 1 fully saturated rings. The Morgan fingerprint density at radius 1 is 1.22 bits per heavy atom. The quantitative estimate of drug-likeness (QED) is 0.694. The highest BCUT2D eigenvalue weighted by Crippen LogP contribution is 2.41. The number of benzene rings is 2. The maximum absolute atomic E-state index is 12.6. The number of hydrogen-bond acceptors (Lipinski definition) is 3. The first-order chi connectivity index (χ1) is 12.7. The maximum atomic E-state index is 12.6. The summed E-state index contributed by atoms with van der Waals surface area (Å²) in [5.74, 6) is -0.324. The van der Waals surface area contributed by atoms with E-state index in [1.54, 1.807) is 0 Å². The number of likely N-dealkylation sites (N-methyl/N-ethyl adjacent to an activating group) is 1. The molecule has 144 valence electrons. The summed E-state index contributed by atoms with van der Waals surface area (Å²) >= 11 is 9.28. The van der Waals surface area contributed by atoms with Crippen LogP contribution < -0.4 is 5.32 Å². The van der Waals surface area contributed by atoms with Crippen molar-refractivity contribution in [2.75, 3.05) is 13.6 Å². The molecule has 27 heavy (non-hydrogen) atoms. The summed E-state index contributed by atoms with van der Waals surface area (Å²) in [6.07, 6.45) is 2.69. The fourth-order valence-electron chi connectivity index (χ4n) is 3.18. The van der Waals surface area contributed by atoms with Crippen molar-refractivity contribution in [3.8, 4) is 0 Å². The zero-order valence-electron chi connectivity index (χ0n) is 14.8. The largest absolute Gasteiger partial charge is 0.345 e. The minimum absolute atomic E-state index is 0.104. The molecular formula is C19H20BrClN2O3S. The van der Waals surface area contributed by atoms with E-state index in [1.807, 2.05) is 24.3 Å². The molecule has 3 rings (SSSR count). The lowest BCUT2D eigenvalue weighted by Gasteiger charge is -2.43. The Kier molecular flexibility index (Phi) is 5.96.